The number of fused-ring (bicyclic) bond motifs is 1. The summed E-state index contributed by atoms with van der Waals surface area (Å²) >= 11 is 0. The molecule has 0 saturated heterocycles. The molecule has 8 heteroatoms. The van der Waals surface area contributed by atoms with E-state index in [1.54, 1.807) is 23.1 Å². The highest BCUT2D eigenvalue weighted by atomic mass is 16.5. The van der Waals surface area contributed by atoms with E-state index in [0.717, 1.165) is 0 Å². The summed E-state index contributed by atoms with van der Waals surface area (Å²) in [5, 5.41) is 4.55. The Balaban J connectivity index is 1.64. The van der Waals surface area contributed by atoms with E-state index in [2.05, 4.69) is 20.1 Å². The number of H-pyrrole nitrogens is 1. The SMILES string of the molecule is CC(C)N(Cc1nc2ccccc2c(=O)[nH]1)C(=O)CCCc1nc(C(C)(C)C)no1. The minimum atomic E-state index is -0.196. The maximum Gasteiger partial charge on any atom is 0.258 e. The van der Waals surface area contributed by atoms with Crippen molar-refractivity contribution in [2.45, 2.75) is 71.9 Å². The van der Waals surface area contributed by atoms with E-state index in [1.807, 2.05) is 40.7 Å². The number of aromatic amines is 1. The van der Waals surface area contributed by atoms with Crippen molar-refractivity contribution in [1.29, 1.82) is 0 Å². The first-order valence-corrected chi connectivity index (χ1v) is 10.3. The van der Waals surface area contributed by atoms with Crippen LogP contribution in [-0.4, -0.2) is 37.0 Å². The molecule has 3 aromatic rings. The number of hydrogen-bond acceptors (Lipinski definition) is 6. The van der Waals surface area contributed by atoms with Crippen LogP contribution in [-0.2, 0) is 23.2 Å². The molecule has 0 aliphatic carbocycles. The van der Waals surface area contributed by atoms with Crippen LogP contribution in [0.1, 0.15) is 65.0 Å². The van der Waals surface area contributed by atoms with Gasteiger partial charge in [0, 0.05) is 24.3 Å². The summed E-state index contributed by atoms with van der Waals surface area (Å²) < 4.78 is 5.29. The number of carbonyl (C=O) groups excluding carboxylic acids is 1. The van der Waals surface area contributed by atoms with Gasteiger partial charge < -0.3 is 14.4 Å². The highest BCUT2D eigenvalue weighted by Gasteiger charge is 2.22. The lowest BCUT2D eigenvalue weighted by Crippen LogP contribution is -2.37. The molecule has 8 nitrogen and oxygen atoms in total. The van der Waals surface area contributed by atoms with Gasteiger partial charge in [-0.15, -0.1) is 0 Å². The molecular formula is C22H29N5O3. The molecule has 2 aromatic heterocycles. The number of rotatable bonds is 7. The van der Waals surface area contributed by atoms with E-state index in [4.69, 9.17) is 4.52 Å². The minimum Gasteiger partial charge on any atom is -0.339 e. The summed E-state index contributed by atoms with van der Waals surface area (Å²) in [6.07, 6.45) is 1.50. The smallest absolute Gasteiger partial charge is 0.258 e. The zero-order valence-corrected chi connectivity index (χ0v) is 18.2. The van der Waals surface area contributed by atoms with Gasteiger partial charge in [-0.1, -0.05) is 38.1 Å². The van der Waals surface area contributed by atoms with Gasteiger partial charge >= 0.3 is 0 Å². The van der Waals surface area contributed by atoms with Crippen LogP contribution in [0.5, 0.6) is 0 Å². The summed E-state index contributed by atoms with van der Waals surface area (Å²) in [5.74, 6) is 1.69. The fraction of sp³-hybridized carbons (Fsp3) is 0.500. The van der Waals surface area contributed by atoms with Crippen LogP contribution < -0.4 is 5.56 Å². The Morgan fingerprint density at radius 3 is 2.60 bits per heavy atom. The maximum absolute atomic E-state index is 12.8. The normalized spacial score (nSPS) is 11.9. The molecule has 0 unspecified atom stereocenters. The summed E-state index contributed by atoms with van der Waals surface area (Å²) in [6, 6.07) is 7.15. The summed E-state index contributed by atoms with van der Waals surface area (Å²) in [4.78, 5) is 38.6. The summed E-state index contributed by atoms with van der Waals surface area (Å²) in [5.41, 5.74) is 0.256. The van der Waals surface area contributed by atoms with E-state index in [0.29, 0.717) is 47.7 Å². The standard InChI is InChI=1S/C22H29N5O3/c1-14(2)27(13-17-23-16-10-7-6-9-15(16)20(29)24-17)19(28)12-8-11-18-25-21(26-30-18)22(3,4)5/h6-7,9-10,14H,8,11-13H2,1-5H3,(H,23,24,29). The third-order valence-electron chi connectivity index (χ3n) is 4.85. The molecule has 0 spiro atoms. The maximum atomic E-state index is 12.8. The lowest BCUT2D eigenvalue weighted by molar-refractivity contribution is -0.133. The van der Waals surface area contributed by atoms with Crippen molar-refractivity contribution < 1.29 is 9.32 Å². The Bertz CT molecular complexity index is 1080. The second-order valence-corrected chi connectivity index (χ2v) is 8.76. The zero-order chi connectivity index (χ0) is 21.9. The molecule has 0 fully saturated rings. The largest absolute Gasteiger partial charge is 0.339 e. The van der Waals surface area contributed by atoms with E-state index in [9.17, 15) is 9.59 Å². The van der Waals surface area contributed by atoms with Crippen LogP contribution >= 0.6 is 0 Å². The summed E-state index contributed by atoms with van der Waals surface area (Å²) in [7, 11) is 0. The number of benzene rings is 1. The first kappa shape index (κ1) is 21.7. The van der Waals surface area contributed by atoms with Crippen molar-refractivity contribution in [2.75, 3.05) is 0 Å². The molecule has 0 aliphatic rings. The molecule has 0 aliphatic heterocycles. The molecule has 0 bridgehead atoms. The van der Waals surface area contributed by atoms with E-state index >= 15 is 0 Å². The Morgan fingerprint density at radius 1 is 1.20 bits per heavy atom. The molecule has 30 heavy (non-hydrogen) atoms. The molecule has 1 aromatic carbocycles. The minimum absolute atomic E-state index is 0.00336. The molecule has 3 rings (SSSR count). The van der Waals surface area contributed by atoms with Crippen molar-refractivity contribution >= 4 is 16.8 Å². The first-order valence-electron chi connectivity index (χ1n) is 10.3. The number of aromatic nitrogens is 4. The molecule has 160 valence electrons. The molecule has 0 saturated carbocycles. The van der Waals surface area contributed by atoms with E-state index in [1.165, 1.54) is 0 Å². The second-order valence-electron chi connectivity index (χ2n) is 8.76. The van der Waals surface area contributed by atoms with Gasteiger partial charge in [-0.05, 0) is 32.4 Å². The molecule has 1 N–H and O–H groups in total. The molecule has 2 heterocycles. The number of amides is 1. The second kappa shape index (κ2) is 8.77. The molecule has 1 amide bonds. The number of carbonyl (C=O) groups is 1. The van der Waals surface area contributed by atoms with Crippen LogP contribution in [0.2, 0.25) is 0 Å². The van der Waals surface area contributed by atoms with Gasteiger partial charge in [-0.25, -0.2) is 4.98 Å². The molecule has 0 atom stereocenters. The third kappa shape index (κ3) is 5.11. The van der Waals surface area contributed by atoms with Crippen LogP contribution in [0, 0.1) is 0 Å². The number of aryl methyl sites for hydroxylation is 1. The van der Waals surface area contributed by atoms with E-state index < -0.39 is 0 Å². The first-order chi connectivity index (χ1) is 14.1. The lowest BCUT2D eigenvalue weighted by Gasteiger charge is -2.26. The van der Waals surface area contributed by atoms with Crippen LogP contribution in [0.3, 0.4) is 0 Å². The van der Waals surface area contributed by atoms with Gasteiger partial charge in [0.15, 0.2) is 5.82 Å². The predicted octanol–water partition coefficient (Wildman–Crippen LogP) is 3.36. The van der Waals surface area contributed by atoms with Crippen molar-refractivity contribution in [3.8, 4) is 0 Å². The van der Waals surface area contributed by atoms with Crippen molar-refractivity contribution in [3.05, 3.63) is 52.2 Å². The number of hydrogen-bond donors (Lipinski definition) is 1. The fourth-order valence-corrected chi connectivity index (χ4v) is 3.13. The van der Waals surface area contributed by atoms with Crippen molar-refractivity contribution in [3.63, 3.8) is 0 Å². The van der Waals surface area contributed by atoms with Gasteiger partial charge in [0.25, 0.3) is 5.56 Å². The Hall–Kier alpha value is -3.03. The van der Waals surface area contributed by atoms with E-state index in [-0.39, 0.29) is 29.5 Å². The van der Waals surface area contributed by atoms with Crippen LogP contribution in [0.15, 0.2) is 33.6 Å². The highest BCUT2D eigenvalue weighted by molar-refractivity contribution is 5.78. The third-order valence-corrected chi connectivity index (χ3v) is 4.85. The summed E-state index contributed by atoms with van der Waals surface area (Å²) in [6.45, 7) is 10.2. The average Bonchev–Trinajstić information content (AvgIpc) is 3.15. The zero-order valence-electron chi connectivity index (χ0n) is 18.2. The number of nitrogens with one attached hydrogen (secondary N) is 1. The average molecular weight is 412 g/mol. The van der Waals surface area contributed by atoms with Gasteiger partial charge in [0.05, 0.1) is 17.4 Å². The molecular weight excluding hydrogens is 382 g/mol. The lowest BCUT2D eigenvalue weighted by atomic mass is 9.96. The van der Waals surface area contributed by atoms with Crippen molar-refractivity contribution in [2.24, 2.45) is 0 Å². The fourth-order valence-electron chi connectivity index (χ4n) is 3.13. The predicted molar refractivity (Wildman–Crippen MR) is 114 cm³/mol. The van der Waals surface area contributed by atoms with Crippen LogP contribution in [0.25, 0.3) is 10.9 Å². The highest BCUT2D eigenvalue weighted by Crippen LogP contribution is 2.19. The van der Waals surface area contributed by atoms with Crippen molar-refractivity contribution in [1.82, 2.24) is 25.0 Å². The number of nitrogens with zero attached hydrogens (tertiary/aromatic N) is 4. The Morgan fingerprint density at radius 2 is 1.93 bits per heavy atom. The topological polar surface area (TPSA) is 105 Å². The van der Waals surface area contributed by atoms with Gasteiger partial charge in [0.2, 0.25) is 11.8 Å². The number of para-hydroxylation sites is 1. The monoisotopic (exact) mass is 411 g/mol. The quantitative estimate of drug-likeness (QED) is 0.639. The molecule has 0 radical (unpaired) electrons. The van der Waals surface area contributed by atoms with Crippen LogP contribution in [0.4, 0.5) is 0 Å². The Labute approximate surface area is 175 Å². The van der Waals surface area contributed by atoms with Gasteiger partial charge in [-0.3, -0.25) is 9.59 Å². The van der Waals surface area contributed by atoms with Gasteiger partial charge in [-0.2, -0.15) is 4.98 Å². The van der Waals surface area contributed by atoms with Gasteiger partial charge in [0.1, 0.15) is 5.82 Å². The Kier molecular flexibility index (Phi) is 6.34.